The van der Waals surface area contributed by atoms with Gasteiger partial charge >= 0.3 is 0 Å². The van der Waals surface area contributed by atoms with E-state index in [-0.39, 0.29) is 5.91 Å². The van der Waals surface area contributed by atoms with E-state index in [0.29, 0.717) is 17.3 Å². The number of ether oxygens (including phenoxy) is 1. The zero-order valence-corrected chi connectivity index (χ0v) is 18.4. The first-order valence-corrected chi connectivity index (χ1v) is 11.2. The summed E-state index contributed by atoms with van der Waals surface area (Å²) < 4.78 is 6.53. The molecule has 0 saturated carbocycles. The number of rotatable bonds is 4. The molecule has 1 fully saturated rings. The predicted octanol–water partition coefficient (Wildman–Crippen LogP) is 4.20. The van der Waals surface area contributed by atoms with Crippen molar-refractivity contribution in [2.24, 2.45) is 0 Å². The summed E-state index contributed by atoms with van der Waals surface area (Å²) in [5.74, 6) is 0.731. The molecule has 32 heavy (non-hydrogen) atoms. The number of fused-ring (bicyclic) bond motifs is 2. The molecule has 3 N–H and O–H groups in total. The van der Waals surface area contributed by atoms with Gasteiger partial charge in [0, 0.05) is 42.6 Å². The molecule has 1 atom stereocenters. The molecule has 1 saturated heterocycles. The van der Waals surface area contributed by atoms with Crippen LogP contribution in [-0.4, -0.2) is 24.0 Å². The summed E-state index contributed by atoms with van der Waals surface area (Å²) in [5.41, 5.74) is 9.10. The Balaban J connectivity index is 1.32. The van der Waals surface area contributed by atoms with Gasteiger partial charge in [-0.05, 0) is 41.7 Å². The van der Waals surface area contributed by atoms with Crippen LogP contribution in [0.1, 0.15) is 35.6 Å². The van der Waals surface area contributed by atoms with Crippen molar-refractivity contribution in [3.05, 3.63) is 88.6 Å². The molecule has 1 amide bonds. The van der Waals surface area contributed by atoms with E-state index in [2.05, 4.69) is 21.3 Å². The normalized spacial score (nSPS) is 19.0. The van der Waals surface area contributed by atoms with E-state index in [9.17, 15) is 4.79 Å². The van der Waals surface area contributed by atoms with Gasteiger partial charge in [-0.1, -0.05) is 54.1 Å². The number of aromatic nitrogens is 1. The molecule has 3 heterocycles. The highest BCUT2D eigenvalue weighted by molar-refractivity contribution is 6.31. The second-order valence-corrected chi connectivity index (χ2v) is 8.73. The maximum absolute atomic E-state index is 13.1. The van der Waals surface area contributed by atoms with Crippen molar-refractivity contribution in [1.82, 2.24) is 10.3 Å². The van der Waals surface area contributed by atoms with Crippen molar-refractivity contribution in [2.45, 2.75) is 31.1 Å². The average molecular weight is 449 g/mol. The lowest BCUT2D eigenvalue weighted by molar-refractivity contribution is -0.147. The molecule has 0 radical (unpaired) electrons. The molecule has 164 valence electrons. The predicted molar refractivity (Wildman–Crippen MR) is 125 cm³/mol. The third-order valence-corrected chi connectivity index (χ3v) is 6.76. The molecule has 3 aromatic rings. The van der Waals surface area contributed by atoms with Crippen molar-refractivity contribution in [1.29, 1.82) is 0 Å². The van der Waals surface area contributed by atoms with Gasteiger partial charge in [-0.3, -0.25) is 4.79 Å². The molecule has 2 aliphatic rings. The van der Waals surface area contributed by atoms with Crippen molar-refractivity contribution < 1.29 is 9.53 Å². The van der Waals surface area contributed by atoms with E-state index >= 15 is 0 Å². The number of carbonyl (C=O) groups excluding carboxylic acids is 1. The number of nitrogens with two attached hydrogens (primary N) is 1. The fourth-order valence-corrected chi connectivity index (χ4v) is 4.90. The zero-order valence-electron chi connectivity index (χ0n) is 17.6. The molecule has 0 bridgehead atoms. The highest BCUT2D eigenvalue weighted by Gasteiger charge is 2.48. The van der Waals surface area contributed by atoms with Gasteiger partial charge in [-0.2, -0.15) is 0 Å². The van der Waals surface area contributed by atoms with E-state index in [4.69, 9.17) is 22.1 Å². The Hall–Kier alpha value is -3.09. The number of nitrogens with zero attached hydrogens (tertiary/aromatic N) is 2. The van der Waals surface area contributed by atoms with E-state index in [1.54, 1.807) is 12.3 Å². The summed E-state index contributed by atoms with van der Waals surface area (Å²) in [7, 11) is 0. The number of benzene rings is 2. The van der Waals surface area contributed by atoms with Gasteiger partial charge in [0.05, 0.1) is 5.60 Å². The lowest BCUT2D eigenvalue weighted by atomic mass is 9.83. The van der Waals surface area contributed by atoms with E-state index < -0.39 is 11.7 Å². The average Bonchev–Trinajstić information content (AvgIpc) is 3.13. The second-order valence-electron chi connectivity index (χ2n) is 8.32. The fraction of sp³-hybridized carbons (Fsp3) is 0.280. The summed E-state index contributed by atoms with van der Waals surface area (Å²) in [5, 5.41) is 3.64. The highest BCUT2D eigenvalue weighted by Crippen LogP contribution is 2.49. The second kappa shape index (κ2) is 8.45. The molecular weight excluding hydrogens is 424 g/mol. The van der Waals surface area contributed by atoms with E-state index in [1.165, 1.54) is 0 Å². The lowest BCUT2D eigenvalue weighted by Gasteiger charge is -2.40. The Morgan fingerprint density at radius 1 is 1.16 bits per heavy atom. The van der Waals surface area contributed by atoms with Crippen LogP contribution in [0.15, 0.2) is 66.9 Å². The van der Waals surface area contributed by atoms with Crippen LogP contribution in [0, 0.1) is 0 Å². The molecule has 5 rings (SSSR count). The van der Waals surface area contributed by atoms with Crippen LogP contribution in [0.25, 0.3) is 0 Å². The number of nitrogens with one attached hydrogen (secondary N) is 1. The molecular formula is C25H25ClN4O2. The van der Waals surface area contributed by atoms with Gasteiger partial charge in [0.25, 0.3) is 5.91 Å². The summed E-state index contributed by atoms with van der Waals surface area (Å²) >= 11 is 6.24. The number of hydrogen-bond donors (Lipinski definition) is 2. The summed E-state index contributed by atoms with van der Waals surface area (Å²) in [6, 6.07) is 19.3. The summed E-state index contributed by atoms with van der Waals surface area (Å²) in [6.07, 6.45) is 2.64. The van der Waals surface area contributed by atoms with Crippen molar-refractivity contribution in [3.63, 3.8) is 0 Å². The molecule has 7 heteroatoms. The third-order valence-electron chi connectivity index (χ3n) is 6.39. The smallest absolute Gasteiger partial charge is 0.254 e. The number of halogens is 1. The number of pyridine rings is 1. The minimum Gasteiger partial charge on any atom is -0.399 e. The number of carbonyl (C=O) groups is 1. The van der Waals surface area contributed by atoms with Crippen LogP contribution in [0.3, 0.4) is 0 Å². The first kappa shape index (κ1) is 20.8. The van der Waals surface area contributed by atoms with Crippen LogP contribution in [0.4, 0.5) is 11.5 Å². The third kappa shape index (κ3) is 3.80. The maximum Gasteiger partial charge on any atom is 0.254 e. The first-order valence-electron chi connectivity index (χ1n) is 10.8. The minimum atomic E-state index is -0.634. The number of hydrogen-bond acceptors (Lipinski definition) is 5. The SMILES string of the molecule is Nc1ccnc(N2CCC3(CC2)O[C@@H](C(=O)NCc2ccccc2Cl)c2ccccc23)c1. The molecule has 6 nitrogen and oxygen atoms in total. The molecule has 2 aliphatic heterocycles. The van der Waals surface area contributed by atoms with Gasteiger partial charge in [0.1, 0.15) is 5.82 Å². The number of nitrogen functional groups attached to an aromatic ring is 1. The van der Waals surface area contributed by atoms with Crippen LogP contribution < -0.4 is 16.0 Å². The van der Waals surface area contributed by atoms with Crippen LogP contribution in [-0.2, 0) is 21.7 Å². The van der Waals surface area contributed by atoms with E-state index in [1.807, 2.05) is 48.5 Å². The van der Waals surface area contributed by atoms with Crippen LogP contribution >= 0.6 is 11.6 Å². The molecule has 2 aromatic carbocycles. The lowest BCUT2D eigenvalue weighted by Crippen LogP contribution is -2.43. The number of amides is 1. The zero-order chi connectivity index (χ0) is 22.1. The maximum atomic E-state index is 13.1. The number of piperidine rings is 1. The first-order chi connectivity index (χ1) is 15.6. The van der Waals surface area contributed by atoms with Gasteiger partial charge in [0.15, 0.2) is 6.10 Å². The Morgan fingerprint density at radius 2 is 1.91 bits per heavy atom. The topological polar surface area (TPSA) is 80.5 Å². The Morgan fingerprint density at radius 3 is 2.69 bits per heavy atom. The standard InChI is InChI=1S/C25H25ClN4O2/c26-21-8-4-1-5-17(21)16-29-24(31)23-19-6-2-3-7-20(19)25(32-23)10-13-30(14-11-25)22-15-18(27)9-12-28-22/h1-9,12,15,23H,10-11,13-14,16H2,(H2,27,28)(H,29,31)/t23-/m1/s1. The number of anilines is 2. The van der Waals surface area contributed by atoms with Crippen molar-refractivity contribution in [2.75, 3.05) is 23.7 Å². The van der Waals surface area contributed by atoms with E-state index in [0.717, 1.165) is 48.4 Å². The highest BCUT2D eigenvalue weighted by atomic mass is 35.5. The quantitative estimate of drug-likeness (QED) is 0.625. The minimum absolute atomic E-state index is 0.144. The summed E-state index contributed by atoms with van der Waals surface area (Å²) in [4.78, 5) is 19.8. The molecule has 0 aliphatic carbocycles. The Bertz CT molecular complexity index is 1140. The Labute approximate surface area is 192 Å². The largest absolute Gasteiger partial charge is 0.399 e. The van der Waals surface area contributed by atoms with Crippen LogP contribution in [0.5, 0.6) is 0 Å². The fourth-order valence-electron chi connectivity index (χ4n) is 4.70. The molecule has 0 unspecified atom stereocenters. The molecule has 1 aromatic heterocycles. The van der Waals surface area contributed by atoms with Crippen molar-refractivity contribution >= 4 is 29.0 Å². The van der Waals surface area contributed by atoms with Crippen molar-refractivity contribution in [3.8, 4) is 0 Å². The molecule has 1 spiro atoms. The summed E-state index contributed by atoms with van der Waals surface area (Å²) in [6.45, 7) is 1.92. The van der Waals surface area contributed by atoms with Gasteiger partial charge in [0.2, 0.25) is 0 Å². The van der Waals surface area contributed by atoms with Gasteiger partial charge in [-0.15, -0.1) is 0 Å². The van der Waals surface area contributed by atoms with Crippen LogP contribution in [0.2, 0.25) is 5.02 Å². The van der Waals surface area contributed by atoms with Gasteiger partial charge < -0.3 is 20.7 Å². The monoisotopic (exact) mass is 448 g/mol. The van der Waals surface area contributed by atoms with Gasteiger partial charge in [-0.25, -0.2) is 4.98 Å². The Kier molecular flexibility index (Phi) is 5.49.